The van der Waals surface area contributed by atoms with Crippen LogP contribution in [0.3, 0.4) is 0 Å². The van der Waals surface area contributed by atoms with Gasteiger partial charge in [-0.3, -0.25) is 0 Å². The molecule has 0 saturated heterocycles. The van der Waals surface area contributed by atoms with Gasteiger partial charge in [0.15, 0.2) is 0 Å². The van der Waals surface area contributed by atoms with E-state index in [9.17, 15) is 0 Å². The second-order valence-electron chi connectivity index (χ2n) is 4.22. The second-order valence-corrected chi connectivity index (χ2v) is 5.25. The molecule has 3 aromatic rings. The van der Waals surface area contributed by atoms with Gasteiger partial charge in [0, 0.05) is 24.0 Å². The van der Waals surface area contributed by atoms with E-state index < -0.39 is 0 Å². The van der Waals surface area contributed by atoms with Crippen molar-refractivity contribution in [2.75, 3.05) is 7.05 Å². The van der Waals surface area contributed by atoms with Crippen LogP contribution in [0.25, 0.3) is 5.52 Å². The summed E-state index contributed by atoms with van der Waals surface area (Å²) in [7, 11) is 1.95. The lowest BCUT2D eigenvalue weighted by Crippen LogP contribution is -2.05. The normalized spacial score (nSPS) is 11.2. The third kappa shape index (κ3) is 2.05. The fraction of sp³-hybridized carbons (Fsp3) is 0.214. The molecule has 0 atom stereocenters. The molecule has 4 heteroatoms. The van der Waals surface area contributed by atoms with Gasteiger partial charge >= 0.3 is 0 Å². The molecule has 92 valence electrons. The Morgan fingerprint density at radius 2 is 2.22 bits per heavy atom. The number of imidazole rings is 1. The Balaban J connectivity index is 2.05. The quantitative estimate of drug-likeness (QED) is 0.778. The van der Waals surface area contributed by atoms with Gasteiger partial charge < -0.3 is 9.72 Å². The molecule has 0 aliphatic heterocycles. The van der Waals surface area contributed by atoms with E-state index >= 15 is 0 Å². The topological polar surface area (TPSA) is 29.3 Å². The van der Waals surface area contributed by atoms with Crippen molar-refractivity contribution in [1.82, 2.24) is 14.7 Å². The number of hydrogen-bond donors (Lipinski definition) is 1. The number of pyridine rings is 1. The minimum absolute atomic E-state index is 0.804. The summed E-state index contributed by atoms with van der Waals surface area (Å²) in [5.74, 6) is 1.11. The summed E-state index contributed by atoms with van der Waals surface area (Å²) >= 11 is 1.78. The summed E-state index contributed by atoms with van der Waals surface area (Å²) in [6.45, 7) is 0.804. The standard InChI is InChI=1S/C14H15N3S/c1-15-10-12-13-6-2-3-7-17(13)14(16-12)9-11-5-4-8-18-11/h2-8,15H,9-10H2,1H3. The number of aromatic nitrogens is 2. The molecule has 3 nitrogen and oxygen atoms in total. The molecular formula is C14H15N3S. The molecule has 3 heterocycles. The highest BCUT2D eigenvalue weighted by atomic mass is 32.1. The van der Waals surface area contributed by atoms with E-state index in [4.69, 9.17) is 4.98 Å². The van der Waals surface area contributed by atoms with Crippen LogP contribution in [0.4, 0.5) is 0 Å². The van der Waals surface area contributed by atoms with Gasteiger partial charge in [0.1, 0.15) is 5.82 Å². The summed E-state index contributed by atoms with van der Waals surface area (Å²) in [6.07, 6.45) is 2.98. The van der Waals surface area contributed by atoms with Crippen LogP contribution in [-0.4, -0.2) is 16.4 Å². The summed E-state index contributed by atoms with van der Waals surface area (Å²) < 4.78 is 2.19. The maximum Gasteiger partial charge on any atom is 0.118 e. The molecule has 0 aliphatic rings. The molecule has 3 aromatic heterocycles. The average Bonchev–Trinajstić information content (AvgIpc) is 3.00. The first-order valence-corrected chi connectivity index (χ1v) is 6.88. The number of nitrogens with one attached hydrogen (secondary N) is 1. The van der Waals surface area contributed by atoms with E-state index in [1.165, 1.54) is 10.4 Å². The number of fused-ring (bicyclic) bond motifs is 1. The van der Waals surface area contributed by atoms with Crippen molar-refractivity contribution in [3.05, 3.63) is 58.3 Å². The van der Waals surface area contributed by atoms with Gasteiger partial charge in [-0.05, 0) is 30.6 Å². The molecule has 0 fully saturated rings. The zero-order valence-corrected chi connectivity index (χ0v) is 11.1. The average molecular weight is 257 g/mol. The SMILES string of the molecule is CNCc1nc(Cc2cccs2)n2ccccc12. The third-order valence-electron chi connectivity index (χ3n) is 2.95. The third-order valence-corrected chi connectivity index (χ3v) is 3.83. The lowest BCUT2D eigenvalue weighted by Gasteiger charge is -1.98. The van der Waals surface area contributed by atoms with E-state index in [0.717, 1.165) is 24.5 Å². The van der Waals surface area contributed by atoms with Crippen molar-refractivity contribution in [3.63, 3.8) is 0 Å². The lowest BCUT2D eigenvalue weighted by molar-refractivity contribution is 0.798. The molecule has 0 amide bonds. The number of rotatable bonds is 4. The van der Waals surface area contributed by atoms with Crippen LogP contribution in [0, 0.1) is 0 Å². The van der Waals surface area contributed by atoms with Crippen LogP contribution in [0.5, 0.6) is 0 Å². The lowest BCUT2D eigenvalue weighted by atomic mass is 10.3. The molecule has 3 rings (SSSR count). The molecule has 0 bridgehead atoms. The van der Waals surface area contributed by atoms with Crippen LogP contribution in [0.15, 0.2) is 41.9 Å². The predicted molar refractivity (Wildman–Crippen MR) is 75.1 cm³/mol. The van der Waals surface area contributed by atoms with Gasteiger partial charge in [-0.2, -0.15) is 0 Å². The summed E-state index contributed by atoms with van der Waals surface area (Å²) in [6, 6.07) is 10.5. The molecule has 0 radical (unpaired) electrons. The Kier molecular flexibility index (Phi) is 3.13. The van der Waals surface area contributed by atoms with Gasteiger partial charge in [-0.25, -0.2) is 4.98 Å². The predicted octanol–water partition coefficient (Wildman–Crippen LogP) is 2.71. The largest absolute Gasteiger partial charge is 0.314 e. The minimum Gasteiger partial charge on any atom is -0.314 e. The number of hydrogen-bond acceptors (Lipinski definition) is 3. The van der Waals surface area contributed by atoms with Crippen LogP contribution >= 0.6 is 11.3 Å². The van der Waals surface area contributed by atoms with E-state index in [1.807, 2.05) is 7.05 Å². The molecule has 0 aromatic carbocycles. The Labute approximate surface area is 110 Å². The van der Waals surface area contributed by atoms with Crippen molar-refractivity contribution in [3.8, 4) is 0 Å². The zero-order valence-electron chi connectivity index (χ0n) is 10.3. The van der Waals surface area contributed by atoms with Crippen LogP contribution in [0.1, 0.15) is 16.4 Å². The summed E-state index contributed by atoms with van der Waals surface area (Å²) in [5, 5.41) is 5.29. The van der Waals surface area contributed by atoms with Crippen LogP contribution < -0.4 is 5.32 Å². The fourth-order valence-electron chi connectivity index (χ4n) is 2.16. The molecule has 18 heavy (non-hydrogen) atoms. The van der Waals surface area contributed by atoms with E-state index in [1.54, 1.807) is 11.3 Å². The number of thiophene rings is 1. The first-order chi connectivity index (χ1) is 8.88. The van der Waals surface area contributed by atoms with E-state index in [2.05, 4.69) is 51.6 Å². The van der Waals surface area contributed by atoms with Crippen molar-refractivity contribution >= 4 is 16.9 Å². The van der Waals surface area contributed by atoms with E-state index in [0.29, 0.717) is 0 Å². The molecule has 0 saturated carbocycles. The van der Waals surface area contributed by atoms with E-state index in [-0.39, 0.29) is 0 Å². The van der Waals surface area contributed by atoms with Crippen molar-refractivity contribution in [1.29, 1.82) is 0 Å². The monoisotopic (exact) mass is 257 g/mol. The maximum atomic E-state index is 4.76. The van der Waals surface area contributed by atoms with Gasteiger partial charge in [0.2, 0.25) is 0 Å². The fourth-order valence-corrected chi connectivity index (χ4v) is 2.86. The van der Waals surface area contributed by atoms with Crippen LogP contribution in [-0.2, 0) is 13.0 Å². The van der Waals surface area contributed by atoms with Crippen molar-refractivity contribution in [2.45, 2.75) is 13.0 Å². The van der Waals surface area contributed by atoms with Gasteiger partial charge in [0.25, 0.3) is 0 Å². The van der Waals surface area contributed by atoms with Crippen molar-refractivity contribution < 1.29 is 0 Å². The zero-order chi connectivity index (χ0) is 12.4. The Hall–Kier alpha value is -1.65. The molecule has 0 spiro atoms. The maximum absolute atomic E-state index is 4.76. The smallest absolute Gasteiger partial charge is 0.118 e. The second kappa shape index (κ2) is 4.92. The molecule has 1 N–H and O–H groups in total. The Morgan fingerprint density at radius 1 is 1.28 bits per heavy atom. The highest BCUT2D eigenvalue weighted by molar-refractivity contribution is 7.09. The van der Waals surface area contributed by atoms with Gasteiger partial charge in [-0.15, -0.1) is 11.3 Å². The highest BCUT2D eigenvalue weighted by Gasteiger charge is 2.10. The molecule has 0 aliphatic carbocycles. The minimum atomic E-state index is 0.804. The van der Waals surface area contributed by atoms with Gasteiger partial charge in [-0.1, -0.05) is 12.1 Å². The van der Waals surface area contributed by atoms with Crippen molar-refractivity contribution in [2.24, 2.45) is 0 Å². The van der Waals surface area contributed by atoms with Gasteiger partial charge in [0.05, 0.1) is 11.2 Å². The Bertz CT molecular complexity index is 640. The summed E-state index contributed by atoms with van der Waals surface area (Å²) in [5.41, 5.74) is 2.31. The van der Waals surface area contributed by atoms with Crippen LogP contribution in [0.2, 0.25) is 0 Å². The summed E-state index contributed by atoms with van der Waals surface area (Å²) in [4.78, 5) is 6.11. The molecule has 0 unspecified atom stereocenters. The first kappa shape index (κ1) is 11.4. The number of nitrogens with zero attached hydrogens (tertiary/aromatic N) is 2. The highest BCUT2D eigenvalue weighted by Crippen LogP contribution is 2.18. The Morgan fingerprint density at radius 3 is 3.00 bits per heavy atom. The molecular weight excluding hydrogens is 242 g/mol. The first-order valence-electron chi connectivity index (χ1n) is 6.00.